The molecule has 0 amide bonds. The normalized spacial score (nSPS) is 43.4. The summed E-state index contributed by atoms with van der Waals surface area (Å²) >= 11 is 0. The molecule has 0 aromatic carbocycles. The number of carbonyl (C=O) groups excluding carboxylic acids is 1. The van der Waals surface area contributed by atoms with Gasteiger partial charge in [-0.3, -0.25) is 4.79 Å². The van der Waals surface area contributed by atoms with Crippen LogP contribution in [0.2, 0.25) is 0 Å². The van der Waals surface area contributed by atoms with E-state index in [-0.39, 0.29) is 17.3 Å². The SMILES string of the molecule is C[C@]12CC=C3[C@@H](CCC4=CC(=O)CCN43)C1CC[C@@H]2O. The Morgan fingerprint density at radius 3 is 3.00 bits per heavy atom. The molecule has 0 bridgehead atoms. The molecule has 2 aliphatic carbocycles. The Kier molecular flexibility index (Phi) is 2.65. The maximum atomic E-state index is 11.6. The molecule has 4 rings (SSSR count). The zero-order valence-corrected chi connectivity index (χ0v) is 12.1. The fourth-order valence-electron chi connectivity index (χ4n) is 5.04. The highest BCUT2D eigenvalue weighted by Crippen LogP contribution is 2.57. The van der Waals surface area contributed by atoms with Crippen molar-refractivity contribution in [2.75, 3.05) is 6.54 Å². The average molecular weight is 273 g/mol. The zero-order valence-electron chi connectivity index (χ0n) is 12.1. The van der Waals surface area contributed by atoms with E-state index in [1.54, 1.807) is 0 Å². The van der Waals surface area contributed by atoms with Crippen LogP contribution in [0.15, 0.2) is 23.5 Å². The van der Waals surface area contributed by atoms with Crippen LogP contribution in [-0.2, 0) is 4.79 Å². The molecule has 3 nitrogen and oxygen atoms in total. The van der Waals surface area contributed by atoms with Crippen LogP contribution in [0.5, 0.6) is 0 Å². The predicted octanol–water partition coefficient (Wildman–Crippen LogP) is 2.62. The van der Waals surface area contributed by atoms with Crippen molar-refractivity contribution in [1.29, 1.82) is 0 Å². The Labute approximate surface area is 120 Å². The van der Waals surface area contributed by atoms with Gasteiger partial charge in [0, 0.05) is 41.8 Å². The summed E-state index contributed by atoms with van der Waals surface area (Å²) in [7, 11) is 0. The molecule has 2 fully saturated rings. The Hall–Kier alpha value is -1.09. The predicted molar refractivity (Wildman–Crippen MR) is 76.7 cm³/mol. The molecule has 0 aromatic rings. The van der Waals surface area contributed by atoms with Crippen LogP contribution in [0, 0.1) is 17.3 Å². The molecule has 4 atom stereocenters. The van der Waals surface area contributed by atoms with Crippen molar-refractivity contribution in [1.82, 2.24) is 4.90 Å². The van der Waals surface area contributed by atoms with Crippen LogP contribution in [0.4, 0.5) is 0 Å². The number of fused-ring (bicyclic) bond motifs is 5. The van der Waals surface area contributed by atoms with Crippen molar-refractivity contribution in [3.05, 3.63) is 23.5 Å². The van der Waals surface area contributed by atoms with Gasteiger partial charge in [-0.2, -0.15) is 0 Å². The lowest BCUT2D eigenvalue weighted by Gasteiger charge is -2.50. The molecule has 2 aliphatic heterocycles. The molecule has 108 valence electrons. The number of carbonyl (C=O) groups is 1. The number of aliphatic hydroxyl groups excluding tert-OH is 1. The number of allylic oxidation sites excluding steroid dienone is 4. The lowest BCUT2D eigenvalue weighted by atomic mass is 9.63. The second-order valence-electron chi connectivity index (χ2n) is 7.19. The molecule has 0 spiro atoms. The van der Waals surface area contributed by atoms with E-state index >= 15 is 0 Å². The van der Waals surface area contributed by atoms with Gasteiger partial charge in [-0.25, -0.2) is 0 Å². The second kappa shape index (κ2) is 4.20. The summed E-state index contributed by atoms with van der Waals surface area (Å²) in [6.07, 6.45) is 10.0. The van der Waals surface area contributed by atoms with Crippen molar-refractivity contribution in [2.24, 2.45) is 17.3 Å². The number of rotatable bonds is 0. The summed E-state index contributed by atoms with van der Waals surface area (Å²) in [6, 6.07) is 0. The van der Waals surface area contributed by atoms with Gasteiger partial charge < -0.3 is 10.0 Å². The van der Waals surface area contributed by atoms with Crippen molar-refractivity contribution < 1.29 is 9.90 Å². The maximum absolute atomic E-state index is 11.6. The monoisotopic (exact) mass is 273 g/mol. The molecule has 1 saturated carbocycles. The van der Waals surface area contributed by atoms with E-state index in [4.69, 9.17) is 0 Å². The summed E-state index contributed by atoms with van der Waals surface area (Å²) in [4.78, 5) is 14.0. The first-order valence-electron chi connectivity index (χ1n) is 7.98. The van der Waals surface area contributed by atoms with Crippen LogP contribution in [-0.4, -0.2) is 28.4 Å². The van der Waals surface area contributed by atoms with Crippen LogP contribution >= 0.6 is 0 Å². The Morgan fingerprint density at radius 2 is 2.15 bits per heavy atom. The fourth-order valence-corrected chi connectivity index (χ4v) is 5.04. The van der Waals surface area contributed by atoms with Gasteiger partial charge in [0.05, 0.1) is 6.10 Å². The number of aliphatic hydroxyl groups is 1. The van der Waals surface area contributed by atoms with E-state index in [0.717, 1.165) is 38.6 Å². The summed E-state index contributed by atoms with van der Waals surface area (Å²) in [6.45, 7) is 3.13. The first kappa shape index (κ1) is 12.6. The number of hydrogen-bond donors (Lipinski definition) is 1. The van der Waals surface area contributed by atoms with Crippen LogP contribution in [0.3, 0.4) is 0 Å². The molecule has 3 heteroatoms. The number of ketones is 1. The first-order valence-corrected chi connectivity index (χ1v) is 7.98. The van der Waals surface area contributed by atoms with Gasteiger partial charge in [0.25, 0.3) is 0 Å². The minimum absolute atomic E-state index is 0.0843. The molecule has 0 radical (unpaired) electrons. The standard InChI is InChI=1S/C17H23NO2/c1-17-8-6-15-13(14(17)4-5-16(17)20)3-2-11-10-12(19)7-9-18(11)15/h6,10,13-14,16,20H,2-5,7-9H2,1H3/t13-,14?,16-,17-/m0/s1. The van der Waals surface area contributed by atoms with Gasteiger partial charge in [-0.15, -0.1) is 0 Å². The van der Waals surface area contributed by atoms with Crippen molar-refractivity contribution in [2.45, 2.75) is 51.6 Å². The second-order valence-corrected chi connectivity index (χ2v) is 7.19. The molecular weight excluding hydrogens is 250 g/mol. The van der Waals surface area contributed by atoms with Gasteiger partial charge >= 0.3 is 0 Å². The average Bonchev–Trinajstić information content (AvgIpc) is 2.74. The summed E-state index contributed by atoms with van der Waals surface area (Å²) < 4.78 is 0. The molecule has 0 aromatic heterocycles. The quantitative estimate of drug-likeness (QED) is 0.737. The van der Waals surface area contributed by atoms with Crippen LogP contribution < -0.4 is 0 Å². The smallest absolute Gasteiger partial charge is 0.159 e. The molecule has 1 unspecified atom stereocenters. The first-order chi connectivity index (χ1) is 9.59. The maximum Gasteiger partial charge on any atom is 0.159 e. The molecular formula is C17H23NO2. The van der Waals surface area contributed by atoms with Crippen molar-refractivity contribution in [3.63, 3.8) is 0 Å². The molecule has 1 N–H and O–H groups in total. The lowest BCUT2D eigenvalue weighted by molar-refractivity contribution is -0.115. The van der Waals surface area contributed by atoms with Crippen molar-refractivity contribution >= 4 is 5.78 Å². The van der Waals surface area contributed by atoms with Gasteiger partial charge in [0.15, 0.2) is 5.78 Å². The Morgan fingerprint density at radius 1 is 1.30 bits per heavy atom. The highest BCUT2D eigenvalue weighted by Gasteiger charge is 2.52. The fraction of sp³-hybridized carbons (Fsp3) is 0.706. The third-order valence-electron chi connectivity index (χ3n) is 6.26. The molecule has 20 heavy (non-hydrogen) atoms. The van der Waals surface area contributed by atoms with E-state index in [2.05, 4.69) is 17.9 Å². The van der Waals surface area contributed by atoms with E-state index in [1.165, 1.54) is 11.4 Å². The third kappa shape index (κ3) is 1.59. The Bertz CT molecular complexity index is 521. The van der Waals surface area contributed by atoms with Crippen molar-refractivity contribution in [3.8, 4) is 0 Å². The van der Waals surface area contributed by atoms with E-state index < -0.39 is 0 Å². The number of piperidine rings is 1. The molecule has 2 heterocycles. The minimum atomic E-state index is -0.134. The molecule has 1 saturated heterocycles. The Balaban J connectivity index is 1.70. The summed E-state index contributed by atoms with van der Waals surface area (Å²) in [5.41, 5.74) is 2.76. The lowest BCUT2D eigenvalue weighted by Crippen LogP contribution is -2.46. The van der Waals surface area contributed by atoms with E-state index in [9.17, 15) is 9.90 Å². The van der Waals surface area contributed by atoms with E-state index in [1.807, 2.05) is 6.08 Å². The molecule has 4 aliphatic rings. The van der Waals surface area contributed by atoms with Gasteiger partial charge in [0.2, 0.25) is 0 Å². The van der Waals surface area contributed by atoms with Gasteiger partial charge in [0.1, 0.15) is 0 Å². The van der Waals surface area contributed by atoms with Gasteiger partial charge in [-0.05, 0) is 38.0 Å². The largest absolute Gasteiger partial charge is 0.393 e. The summed E-state index contributed by atoms with van der Waals surface area (Å²) in [5.74, 6) is 1.50. The van der Waals surface area contributed by atoms with Crippen LogP contribution in [0.1, 0.15) is 45.4 Å². The topological polar surface area (TPSA) is 40.5 Å². The van der Waals surface area contributed by atoms with E-state index in [0.29, 0.717) is 18.3 Å². The van der Waals surface area contributed by atoms with Crippen LogP contribution in [0.25, 0.3) is 0 Å². The minimum Gasteiger partial charge on any atom is -0.393 e. The number of nitrogens with zero attached hydrogens (tertiary/aromatic N) is 1. The van der Waals surface area contributed by atoms with Gasteiger partial charge in [-0.1, -0.05) is 13.0 Å². The summed E-state index contributed by atoms with van der Waals surface area (Å²) in [5, 5.41) is 10.3. The number of hydrogen-bond acceptors (Lipinski definition) is 3. The zero-order chi connectivity index (χ0) is 13.9. The highest BCUT2D eigenvalue weighted by atomic mass is 16.3. The highest BCUT2D eigenvalue weighted by molar-refractivity contribution is 5.91. The third-order valence-corrected chi connectivity index (χ3v) is 6.26.